The minimum Gasteiger partial charge on any atom is -0.339 e. The van der Waals surface area contributed by atoms with Crippen molar-refractivity contribution in [1.82, 2.24) is 24.0 Å². The molecule has 0 bridgehead atoms. The van der Waals surface area contributed by atoms with Crippen molar-refractivity contribution >= 4 is 15.9 Å². The van der Waals surface area contributed by atoms with Crippen molar-refractivity contribution in [2.45, 2.75) is 44.2 Å². The van der Waals surface area contributed by atoms with E-state index in [9.17, 15) is 13.2 Å². The maximum absolute atomic E-state index is 12.9. The number of carbonyl (C=O) groups is 1. The second-order valence-corrected chi connectivity index (χ2v) is 8.28. The molecule has 9 heteroatoms. The lowest BCUT2D eigenvalue weighted by molar-refractivity contribution is -0.138. The Kier molecular flexibility index (Phi) is 4.67. The van der Waals surface area contributed by atoms with Crippen molar-refractivity contribution in [3.05, 3.63) is 12.7 Å². The molecule has 0 N–H and O–H groups in total. The third-order valence-corrected chi connectivity index (χ3v) is 5.97. The van der Waals surface area contributed by atoms with Crippen LogP contribution in [0.2, 0.25) is 0 Å². The van der Waals surface area contributed by atoms with Crippen LogP contribution in [0.3, 0.4) is 0 Å². The van der Waals surface area contributed by atoms with E-state index in [0.29, 0.717) is 26.1 Å². The number of piperidine rings is 2. The summed E-state index contributed by atoms with van der Waals surface area (Å²) in [6.07, 6.45) is 8.51. The van der Waals surface area contributed by atoms with Crippen LogP contribution in [0.25, 0.3) is 0 Å². The summed E-state index contributed by atoms with van der Waals surface area (Å²) >= 11 is 0. The van der Waals surface area contributed by atoms with Gasteiger partial charge in [0.1, 0.15) is 18.7 Å². The first-order valence-electron chi connectivity index (χ1n) is 8.06. The first kappa shape index (κ1) is 16.4. The Bertz CT molecular complexity index is 645. The van der Waals surface area contributed by atoms with Gasteiger partial charge >= 0.3 is 0 Å². The fourth-order valence-corrected chi connectivity index (χ4v) is 4.65. The third-order valence-electron chi connectivity index (χ3n) is 4.68. The maximum Gasteiger partial charge on any atom is 0.241 e. The zero-order valence-corrected chi connectivity index (χ0v) is 14.2. The molecular formula is C14H23N5O3S. The lowest BCUT2D eigenvalue weighted by Crippen LogP contribution is -2.54. The summed E-state index contributed by atoms with van der Waals surface area (Å²) in [6, 6.07) is -0.432. The number of sulfonamides is 1. The van der Waals surface area contributed by atoms with E-state index in [1.165, 1.54) is 16.9 Å². The Balaban J connectivity index is 1.73. The lowest BCUT2D eigenvalue weighted by Gasteiger charge is -2.39. The Morgan fingerprint density at radius 3 is 2.70 bits per heavy atom. The summed E-state index contributed by atoms with van der Waals surface area (Å²) in [4.78, 5) is 18.7. The zero-order chi connectivity index (χ0) is 16.4. The molecule has 23 heavy (non-hydrogen) atoms. The van der Waals surface area contributed by atoms with E-state index in [2.05, 4.69) is 10.1 Å². The van der Waals surface area contributed by atoms with Gasteiger partial charge in [0.15, 0.2) is 0 Å². The van der Waals surface area contributed by atoms with Gasteiger partial charge in [0.2, 0.25) is 15.9 Å². The van der Waals surface area contributed by atoms with Crippen molar-refractivity contribution in [3.63, 3.8) is 0 Å². The molecule has 0 unspecified atom stereocenters. The third kappa shape index (κ3) is 3.55. The topological polar surface area (TPSA) is 88.4 Å². The van der Waals surface area contributed by atoms with Gasteiger partial charge in [-0.1, -0.05) is 6.42 Å². The van der Waals surface area contributed by atoms with Crippen molar-refractivity contribution in [2.75, 3.05) is 25.9 Å². The fraction of sp³-hybridized carbons (Fsp3) is 0.786. The molecule has 0 aromatic carbocycles. The molecule has 0 spiro atoms. The number of hydrogen-bond donors (Lipinski definition) is 0. The molecule has 1 aromatic heterocycles. The second-order valence-electron chi connectivity index (χ2n) is 6.34. The molecular weight excluding hydrogens is 318 g/mol. The predicted molar refractivity (Wildman–Crippen MR) is 84.1 cm³/mol. The van der Waals surface area contributed by atoms with Gasteiger partial charge in [0.25, 0.3) is 0 Å². The zero-order valence-electron chi connectivity index (χ0n) is 13.3. The number of amides is 1. The van der Waals surface area contributed by atoms with Crippen molar-refractivity contribution in [2.24, 2.45) is 0 Å². The highest BCUT2D eigenvalue weighted by atomic mass is 32.2. The predicted octanol–water partition coefficient (Wildman–Crippen LogP) is 0.256. The van der Waals surface area contributed by atoms with Crippen LogP contribution in [0.15, 0.2) is 12.7 Å². The van der Waals surface area contributed by atoms with Gasteiger partial charge in [0, 0.05) is 19.6 Å². The van der Waals surface area contributed by atoms with E-state index in [4.69, 9.17) is 0 Å². The smallest absolute Gasteiger partial charge is 0.241 e. The molecule has 3 heterocycles. The first-order valence-corrected chi connectivity index (χ1v) is 9.91. The van der Waals surface area contributed by atoms with Gasteiger partial charge < -0.3 is 4.90 Å². The molecule has 1 aromatic rings. The number of rotatable bonds is 3. The molecule has 2 saturated heterocycles. The van der Waals surface area contributed by atoms with E-state index in [-0.39, 0.29) is 11.9 Å². The quantitative estimate of drug-likeness (QED) is 0.787. The van der Waals surface area contributed by atoms with Crippen LogP contribution in [-0.4, -0.2) is 70.2 Å². The number of likely N-dealkylation sites (tertiary alicyclic amines) is 1. The van der Waals surface area contributed by atoms with E-state index in [0.717, 1.165) is 25.7 Å². The highest BCUT2D eigenvalue weighted by Gasteiger charge is 2.38. The van der Waals surface area contributed by atoms with Crippen LogP contribution < -0.4 is 0 Å². The van der Waals surface area contributed by atoms with Crippen LogP contribution in [0.5, 0.6) is 0 Å². The highest BCUT2D eigenvalue weighted by Crippen LogP contribution is 2.25. The Hall–Kier alpha value is -1.48. The van der Waals surface area contributed by atoms with Crippen LogP contribution in [0, 0.1) is 0 Å². The minimum absolute atomic E-state index is 0.0695. The summed E-state index contributed by atoms with van der Waals surface area (Å²) in [7, 11) is -3.36. The van der Waals surface area contributed by atoms with Gasteiger partial charge in [0.05, 0.1) is 12.3 Å². The number of aromatic nitrogens is 3. The first-order chi connectivity index (χ1) is 11.0. The van der Waals surface area contributed by atoms with Crippen LogP contribution in [0.1, 0.15) is 38.1 Å². The Morgan fingerprint density at radius 1 is 1.17 bits per heavy atom. The highest BCUT2D eigenvalue weighted by molar-refractivity contribution is 7.88. The summed E-state index contributed by atoms with van der Waals surface area (Å²) < 4.78 is 27.1. The minimum atomic E-state index is -3.36. The van der Waals surface area contributed by atoms with Gasteiger partial charge in [-0.3, -0.25) is 4.79 Å². The summed E-state index contributed by atoms with van der Waals surface area (Å²) in [6.45, 7) is 1.68. The van der Waals surface area contributed by atoms with Crippen LogP contribution in [-0.2, 0) is 14.8 Å². The SMILES string of the molecule is CS(=O)(=O)N1CCCC[C@H]1C(=O)N1CCC[C@@H](n2cncn2)C1. The molecule has 0 radical (unpaired) electrons. The van der Waals surface area contributed by atoms with Gasteiger partial charge in [-0.15, -0.1) is 0 Å². The van der Waals surface area contributed by atoms with Gasteiger partial charge in [-0.25, -0.2) is 18.1 Å². The Labute approximate surface area is 136 Å². The molecule has 8 nitrogen and oxygen atoms in total. The van der Waals surface area contributed by atoms with Crippen molar-refractivity contribution in [1.29, 1.82) is 0 Å². The van der Waals surface area contributed by atoms with Gasteiger partial charge in [-0.05, 0) is 25.7 Å². The maximum atomic E-state index is 12.9. The number of hydrogen-bond acceptors (Lipinski definition) is 5. The summed E-state index contributed by atoms with van der Waals surface area (Å²) in [5.74, 6) is -0.0695. The average molecular weight is 341 g/mol. The fourth-order valence-electron chi connectivity index (χ4n) is 3.54. The molecule has 2 aliphatic rings. The molecule has 2 aliphatic heterocycles. The molecule has 2 atom stereocenters. The summed E-state index contributed by atoms with van der Waals surface area (Å²) in [5.41, 5.74) is 0. The Morgan fingerprint density at radius 2 is 2.00 bits per heavy atom. The molecule has 2 fully saturated rings. The summed E-state index contributed by atoms with van der Waals surface area (Å²) in [5, 5.41) is 4.16. The largest absolute Gasteiger partial charge is 0.339 e. The van der Waals surface area contributed by atoms with E-state index < -0.39 is 16.1 Å². The monoisotopic (exact) mass is 341 g/mol. The van der Waals surface area contributed by atoms with E-state index in [1.807, 2.05) is 0 Å². The number of carbonyl (C=O) groups excluding carboxylic acids is 1. The van der Waals surface area contributed by atoms with Gasteiger partial charge in [-0.2, -0.15) is 9.40 Å². The molecule has 128 valence electrons. The normalized spacial score (nSPS) is 27.1. The van der Waals surface area contributed by atoms with Crippen LogP contribution >= 0.6 is 0 Å². The molecule has 0 saturated carbocycles. The number of nitrogens with zero attached hydrogens (tertiary/aromatic N) is 5. The van der Waals surface area contributed by atoms with E-state index in [1.54, 1.807) is 15.9 Å². The molecule has 1 amide bonds. The standard InChI is InChI=1S/C14H23N5O3S/c1-23(21,22)19-8-3-2-6-13(19)14(20)17-7-4-5-12(9-17)18-11-15-10-16-18/h10-13H,2-9H2,1H3/t12-,13+/m1/s1. The molecule has 3 rings (SSSR count). The van der Waals surface area contributed by atoms with Crippen LogP contribution in [0.4, 0.5) is 0 Å². The lowest BCUT2D eigenvalue weighted by atomic mass is 10.0. The van der Waals surface area contributed by atoms with Crippen molar-refractivity contribution < 1.29 is 13.2 Å². The second kappa shape index (κ2) is 6.56. The molecule has 0 aliphatic carbocycles. The average Bonchev–Trinajstić information content (AvgIpc) is 3.08. The van der Waals surface area contributed by atoms with E-state index >= 15 is 0 Å². The van der Waals surface area contributed by atoms with Crippen molar-refractivity contribution in [3.8, 4) is 0 Å².